The van der Waals surface area contributed by atoms with Crippen LogP contribution >= 0.6 is 11.6 Å². The summed E-state index contributed by atoms with van der Waals surface area (Å²) in [5.74, 6) is 1.39. The molecule has 2 heterocycles. The Morgan fingerprint density at radius 3 is 2.77 bits per heavy atom. The van der Waals surface area contributed by atoms with Crippen LogP contribution in [0.25, 0.3) is 11.6 Å². The molecule has 2 atom stereocenters. The molecule has 0 bridgehead atoms. The normalized spacial score (nSPS) is 15.6. The van der Waals surface area contributed by atoms with Gasteiger partial charge in [-0.25, -0.2) is 4.68 Å². The molecule has 39 heavy (non-hydrogen) atoms. The molecule has 4 rings (SSSR count). The fourth-order valence-electron chi connectivity index (χ4n) is 4.16. The van der Waals surface area contributed by atoms with E-state index in [-0.39, 0.29) is 24.7 Å². The molecule has 11 heteroatoms. The highest BCUT2D eigenvalue weighted by atomic mass is 35.5. The lowest BCUT2D eigenvalue weighted by Gasteiger charge is -2.23. The summed E-state index contributed by atoms with van der Waals surface area (Å²) in [5, 5.41) is 14.3. The molecule has 1 aliphatic rings. The molecular weight excluding hydrogens is 518 g/mol. The van der Waals surface area contributed by atoms with Gasteiger partial charge in [0.25, 0.3) is 5.91 Å². The molecule has 2 aromatic heterocycles. The Morgan fingerprint density at radius 1 is 1.28 bits per heavy atom. The van der Waals surface area contributed by atoms with Gasteiger partial charge in [-0.15, -0.1) is 5.10 Å². The third kappa shape index (κ3) is 6.47. The van der Waals surface area contributed by atoms with Gasteiger partial charge in [0.15, 0.2) is 12.4 Å². The molecule has 1 aliphatic carbocycles. The Morgan fingerprint density at radius 2 is 2.08 bits per heavy atom. The fourth-order valence-corrected chi connectivity index (χ4v) is 4.45. The predicted molar refractivity (Wildman–Crippen MR) is 154 cm³/mol. The van der Waals surface area contributed by atoms with Gasteiger partial charge in [0, 0.05) is 50.6 Å². The van der Waals surface area contributed by atoms with E-state index < -0.39 is 0 Å². The van der Waals surface area contributed by atoms with E-state index in [2.05, 4.69) is 37.6 Å². The van der Waals surface area contributed by atoms with Crippen LogP contribution in [0.2, 0.25) is 5.02 Å². The Labute approximate surface area is 232 Å². The molecule has 10 nitrogen and oxygen atoms in total. The monoisotopic (exact) mass is 549 g/mol. The minimum absolute atomic E-state index is 0.137. The first-order valence-corrected chi connectivity index (χ1v) is 12.8. The van der Waals surface area contributed by atoms with Gasteiger partial charge in [-0.2, -0.15) is 4.98 Å². The van der Waals surface area contributed by atoms with E-state index in [4.69, 9.17) is 21.1 Å². The SMILES string of the molecule is C=Cc1c(NC)ccc(Nc2nc(C3=CC=C(OCC(=O)NC(C)c4ccccn4)C(OC)C3)nn2C)c1Cl. The van der Waals surface area contributed by atoms with Crippen LogP contribution in [0.15, 0.2) is 61.0 Å². The minimum atomic E-state index is -0.384. The topological polar surface area (TPSA) is 115 Å². The van der Waals surface area contributed by atoms with E-state index in [1.54, 1.807) is 37.2 Å². The lowest BCUT2D eigenvalue weighted by Crippen LogP contribution is -2.31. The maximum atomic E-state index is 12.4. The summed E-state index contributed by atoms with van der Waals surface area (Å²) in [6, 6.07) is 9.13. The average molecular weight is 550 g/mol. The van der Waals surface area contributed by atoms with Gasteiger partial charge in [-0.05, 0) is 37.3 Å². The van der Waals surface area contributed by atoms with Crippen LogP contribution in [0, 0.1) is 0 Å². The highest BCUT2D eigenvalue weighted by Crippen LogP contribution is 2.34. The molecule has 0 saturated heterocycles. The maximum Gasteiger partial charge on any atom is 0.258 e. The number of carbonyl (C=O) groups is 1. The molecule has 0 radical (unpaired) electrons. The quantitative estimate of drug-likeness (QED) is 0.310. The fraction of sp³-hybridized carbons (Fsp3) is 0.286. The van der Waals surface area contributed by atoms with Crippen molar-refractivity contribution >= 4 is 46.5 Å². The van der Waals surface area contributed by atoms with Crippen molar-refractivity contribution in [3.63, 3.8) is 0 Å². The summed E-state index contributed by atoms with van der Waals surface area (Å²) in [5.41, 5.74) is 4.00. The van der Waals surface area contributed by atoms with E-state index >= 15 is 0 Å². The van der Waals surface area contributed by atoms with Crippen LogP contribution in [0.4, 0.5) is 17.3 Å². The zero-order valence-electron chi connectivity index (χ0n) is 22.4. The number of halogens is 1. The Hall–Kier alpha value is -4.15. The standard InChI is InChI=1S/C28H32ClN7O3/c1-6-19-21(30-3)11-12-22(26(19)29)33-28-34-27(35-36(28)4)18-10-13-23(24(15-18)38-5)39-16-25(37)32-17(2)20-9-7-8-14-31-20/h6-14,17,24,30H,1,15-16H2,2-5H3,(H,32,37)(H,33,34,35). The second kappa shape index (κ2) is 12.6. The van der Waals surface area contributed by atoms with Crippen molar-refractivity contribution < 1.29 is 14.3 Å². The van der Waals surface area contributed by atoms with Crippen LogP contribution < -0.4 is 16.0 Å². The number of pyridine rings is 1. The lowest BCUT2D eigenvalue weighted by atomic mass is 10.0. The van der Waals surface area contributed by atoms with Crippen molar-refractivity contribution in [1.29, 1.82) is 0 Å². The minimum Gasteiger partial charge on any atom is -0.485 e. The Balaban J connectivity index is 1.43. The molecule has 2 unspecified atom stereocenters. The van der Waals surface area contributed by atoms with Crippen molar-refractivity contribution in [2.24, 2.45) is 7.05 Å². The second-order valence-corrected chi connectivity index (χ2v) is 9.25. The molecule has 204 valence electrons. The van der Waals surface area contributed by atoms with E-state index in [0.717, 1.165) is 22.5 Å². The molecule has 3 N–H and O–H groups in total. The number of nitrogens with one attached hydrogen (secondary N) is 3. The summed E-state index contributed by atoms with van der Waals surface area (Å²) in [7, 11) is 5.23. The highest BCUT2D eigenvalue weighted by molar-refractivity contribution is 6.35. The number of anilines is 3. The number of nitrogens with zero attached hydrogens (tertiary/aromatic N) is 4. The largest absolute Gasteiger partial charge is 0.485 e. The molecule has 1 aromatic carbocycles. The summed E-state index contributed by atoms with van der Waals surface area (Å²) in [6.45, 7) is 5.59. The van der Waals surface area contributed by atoms with Crippen LogP contribution in [0.3, 0.4) is 0 Å². The Bertz CT molecular complexity index is 1400. The zero-order valence-corrected chi connectivity index (χ0v) is 23.1. The van der Waals surface area contributed by atoms with E-state index in [0.29, 0.717) is 34.7 Å². The number of rotatable bonds is 11. The summed E-state index contributed by atoms with van der Waals surface area (Å²) < 4.78 is 13.1. The molecule has 0 spiro atoms. The first-order chi connectivity index (χ1) is 18.8. The van der Waals surface area contributed by atoms with E-state index in [1.807, 2.05) is 50.4 Å². The van der Waals surface area contributed by atoms with Crippen LogP contribution in [-0.2, 0) is 21.3 Å². The van der Waals surface area contributed by atoms with Gasteiger partial charge >= 0.3 is 0 Å². The van der Waals surface area contributed by atoms with E-state index in [9.17, 15) is 4.79 Å². The number of ether oxygens (including phenoxy) is 2. The molecule has 0 fully saturated rings. The molecule has 0 saturated carbocycles. The number of benzene rings is 1. The molecule has 3 aromatic rings. The lowest BCUT2D eigenvalue weighted by molar-refractivity contribution is -0.125. The number of hydrogen-bond acceptors (Lipinski definition) is 8. The number of amides is 1. The van der Waals surface area contributed by atoms with Gasteiger partial charge < -0.3 is 25.4 Å². The Kier molecular flexibility index (Phi) is 9.00. The van der Waals surface area contributed by atoms with Crippen molar-refractivity contribution in [3.05, 3.63) is 83.1 Å². The number of aromatic nitrogens is 4. The molecule has 0 aliphatic heterocycles. The van der Waals surface area contributed by atoms with Gasteiger partial charge in [-0.1, -0.05) is 36.4 Å². The first-order valence-electron chi connectivity index (χ1n) is 12.4. The number of methoxy groups -OCH3 is 1. The van der Waals surface area contributed by atoms with E-state index in [1.165, 1.54) is 0 Å². The van der Waals surface area contributed by atoms with Crippen LogP contribution in [0.5, 0.6) is 0 Å². The second-order valence-electron chi connectivity index (χ2n) is 8.87. The number of hydrogen-bond donors (Lipinski definition) is 3. The van der Waals surface area contributed by atoms with Gasteiger partial charge in [-0.3, -0.25) is 9.78 Å². The summed E-state index contributed by atoms with van der Waals surface area (Å²) >= 11 is 6.60. The number of allylic oxidation sites excluding steroid dienone is 2. The van der Waals surface area contributed by atoms with Gasteiger partial charge in [0.1, 0.15) is 11.9 Å². The van der Waals surface area contributed by atoms with Crippen molar-refractivity contribution in [2.45, 2.75) is 25.5 Å². The highest BCUT2D eigenvalue weighted by Gasteiger charge is 2.25. The first kappa shape index (κ1) is 27.9. The van der Waals surface area contributed by atoms with Gasteiger partial charge in [0.05, 0.1) is 22.4 Å². The van der Waals surface area contributed by atoms with Crippen molar-refractivity contribution in [2.75, 3.05) is 31.4 Å². The number of carbonyl (C=O) groups excluding carboxylic acids is 1. The summed E-state index contributed by atoms with van der Waals surface area (Å²) in [4.78, 5) is 21.4. The maximum absolute atomic E-state index is 12.4. The average Bonchev–Trinajstić information content (AvgIpc) is 3.32. The van der Waals surface area contributed by atoms with Crippen LogP contribution in [0.1, 0.15) is 36.5 Å². The third-order valence-corrected chi connectivity index (χ3v) is 6.69. The smallest absolute Gasteiger partial charge is 0.258 e. The molecule has 1 amide bonds. The predicted octanol–water partition coefficient (Wildman–Crippen LogP) is 4.87. The van der Waals surface area contributed by atoms with Crippen molar-refractivity contribution in [1.82, 2.24) is 25.1 Å². The number of aryl methyl sites for hydroxylation is 1. The van der Waals surface area contributed by atoms with Crippen LogP contribution in [-0.4, -0.2) is 52.5 Å². The summed E-state index contributed by atoms with van der Waals surface area (Å²) in [6.07, 6.45) is 7.16. The zero-order chi connectivity index (χ0) is 27.9. The third-order valence-electron chi connectivity index (χ3n) is 6.28. The molecular formula is C28H32ClN7O3. The van der Waals surface area contributed by atoms with Gasteiger partial charge in [0.2, 0.25) is 5.95 Å². The van der Waals surface area contributed by atoms with Crippen molar-refractivity contribution in [3.8, 4) is 0 Å².